The molecule has 0 heteroatoms. The van der Waals surface area contributed by atoms with Crippen molar-refractivity contribution in [2.45, 2.75) is 102 Å². The standard InChI is InChI=1S/C22H30.2C2H6.2CH4/c1-18-8-10-19(11-9-18)6-5-7-20-12-14-21(15-13-20)16-17-22(2,3)4;2*1-2;;/h8-15H,5-7,16-17H2,1-4H3;2*1-2H3;2*1H4. The van der Waals surface area contributed by atoms with Crippen molar-refractivity contribution in [3.8, 4) is 0 Å². The summed E-state index contributed by atoms with van der Waals surface area (Å²) in [7, 11) is 0. The minimum atomic E-state index is 0. The van der Waals surface area contributed by atoms with Crippen LogP contribution in [0.1, 0.15) is 98.4 Å². The monoisotopic (exact) mass is 386 g/mol. The third-order valence-corrected chi connectivity index (χ3v) is 4.24. The van der Waals surface area contributed by atoms with Gasteiger partial charge < -0.3 is 0 Å². The summed E-state index contributed by atoms with van der Waals surface area (Å²) in [6, 6.07) is 18.2. The Morgan fingerprint density at radius 2 is 0.893 bits per heavy atom. The maximum Gasteiger partial charge on any atom is -0.0274 e. The molecule has 0 heterocycles. The lowest BCUT2D eigenvalue weighted by molar-refractivity contribution is 0.378. The zero-order valence-electron chi connectivity index (χ0n) is 18.7. The van der Waals surface area contributed by atoms with Gasteiger partial charge in [-0.25, -0.2) is 0 Å². The van der Waals surface area contributed by atoms with Gasteiger partial charge >= 0.3 is 0 Å². The van der Waals surface area contributed by atoms with Gasteiger partial charge in [0, 0.05) is 0 Å². The molecule has 0 radical (unpaired) electrons. The van der Waals surface area contributed by atoms with Crippen LogP contribution >= 0.6 is 0 Å². The largest absolute Gasteiger partial charge is 0.0776 e. The van der Waals surface area contributed by atoms with Crippen LogP contribution in [-0.2, 0) is 19.3 Å². The average molecular weight is 387 g/mol. The minimum Gasteiger partial charge on any atom is -0.0776 e. The van der Waals surface area contributed by atoms with Crippen molar-refractivity contribution < 1.29 is 0 Å². The van der Waals surface area contributed by atoms with Crippen LogP contribution < -0.4 is 0 Å². The van der Waals surface area contributed by atoms with Gasteiger partial charge in [0.05, 0.1) is 0 Å². The Bertz CT molecular complexity index is 552. The number of rotatable bonds is 6. The fourth-order valence-electron chi connectivity index (χ4n) is 2.64. The topological polar surface area (TPSA) is 0 Å². The Balaban J connectivity index is -0.000000978. The molecule has 2 rings (SSSR count). The number of benzene rings is 2. The molecule has 0 saturated heterocycles. The number of hydrogen-bond acceptors (Lipinski definition) is 0. The Hall–Kier alpha value is -1.56. The van der Waals surface area contributed by atoms with E-state index in [4.69, 9.17) is 0 Å². The van der Waals surface area contributed by atoms with Gasteiger partial charge in [-0.3, -0.25) is 0 Å². The predicted octanol–water partition coefficient (Wildman–Crippen LogP) is 9.47. The Kier molecular flexibility index (Phi) is 19.5. The van der Waals surface area contributed by atoms with Gasteiger partial charge in [0.15, 0.2) is 0 Å². The summed E-state index contributed by atoms with van der Waals surface area (Å²) in [4.78, 5) is 0. The van der Waals surface area contributed by atoms with E-state index < -0.39 is 0 Å². The van der Waals surface area contributed by atoms with Crippen LogP contribution in [0.25, 0.3) is 0 Å². The molecule has 0 aliphatic heterocycles. The van der Waals surface area contributed by atoms with E-state index in [0.717, 1.165) is 0 Å². The van der Waals surface area contributed by atoms with Crippen LogP contribution in [0.4, 0.5) is 0 Å². The SMILES string of the molecule is C.C.CC.CC.Cc1ccc(CCCc2ccc(CCC(C)(C)C)cc2)cc1. The van der Waals surface area contributed by atoms with Crippen LogP contribution in [0, 0.1) is 12.3 Å². The summed E-state index contributed by atoms with van der Waals surface area (Å²) in [6.07, 6.45) is 6.01. The molecule has 2 aromatic rings. The molecule has 0 atom stereocenters. The van der Waals surface area contributed by atoms with E-state index in [2.05, 4.69) is 76.2 Å². The van der Waals surface area contributed by atoms with Crippen molar-refractivity contribution in [2.24, 2.45) is 5.41 Å². The lowest BCUT2D eigenvalue weighted by atomic mass is 9.88. The summed E-state index contributed by atoms with van der Waals surface area (Å²) in [6.45, 7) is 17.1. The molecule has 0 spiro atoms. The Morgan fingerprint density at radius 1 is 0.571 bits per heavy atom. The zero-order chi connectivity index (χ0) is 20.0. The van der Waals surface area contributed by atoms with E-state index >= 15 is 0 Å². The molecule has 28 heavy (non-hydrogen) atoms. The highest BCUT2D eigenvalue weighted by atomic mass is 14.1. The minimum absolute atomic E-state index is 0. The van der Waals surface area contributed by atoms with Crippen molar-refractivity contribution in [3.63, 3.8) is 0 Å². The van der Waals surface area contributed by atoms with Crippen LogP contribution in [0.5, 0.6) is 0 Å². The highest BCUT2D eigenvalue weighted by Crippen LogP contribution is 2.21. The maximum absolute atomic E-state index is 2.31. The van der Waals surface area contributed by atoms with E-state index in [1.807, 2.05) is 27.7 Å². The molecular weight excluding hydrogens is 336 g/mol. The third-order valence-electron chi connectivity index (χ3n) is 4.24. The summed E-state index contributed by atoms with van der Waals surface area (Å²) in [5, 5.41) is 0. The van der Waals surface area contributed by atoms with E-state index in [9.17, 15) is 0 Å². The van der Waals surface area contributed by atoms with Gasteiger partial charge in [0.1, 0.15) is 0 Å². The fourth-order valence-corrected chi connectivity index (χ4v) is 2.64. The van der Waals surface area contributed by atoms with Crippen molar-refractivity contribution >= 4 is 0 Å². The first-order valence-electron chi connectivity index (χ1n) is 10.6. The number of hydrogen-bond donors (Lipinski definition) is 0. The molecule has 0 bridgehead atoms. The molecule has 0 saturated carbocycles. The van der Waals surface area contributed by atoms with Gasteiger partial charge in [0.2, 0.25) is 0 Å². The molecule has 0 unspecified atom stereocenters. The molecular formula is C28H50. The smallest absolute Gasteiger partial charge is 0.0274 e. The Morgan fingerprint density at radius 3 is 1.25 bits per heavy atom. The zero-order valence-corrected chi connectivity index (χ0v) is 18.7. The second-order valence-electron chi connectivity index (χ2n) is 7.72. The van der Waals surface area contributed by atoms with Crippen LogP contribution in [-0.4, -0.2) is 0 Å². The van der Waals surface area contributed by atoms with Crippen LogP contribution in [0.3, 0.4) is 0 Å². The molecule has 0 N–H and O–H groups in total. The molecule has 0 aromatic heterocycles. The normalized spacial score (nSPS) is 9.57. The van der Waals surface area contributed by atoms with Crippen LogP contribution in [0.15, 0.2) is 48.5 Å². The lowest BCUT2D eigenvalue weighted by Crippen LogP contribution is -2.06. The molecule has 0 fully saturated rings. The summed E-state index contributed by atoms with van der Waals surface area (Å²) < 4.78 is 0. The van der Waals surface area contributed by atoms with Crippen molar-refractivity contribution in [1.29, 1.82) is 0 Å². The van der Waals surface area contributed by atoms with E-state index in [1.54, 1.807) is 0 Å². The van der Waals surface area contributed by atoms with Crippen molar-refractivity contribution in [3.05, 3.63) is 70.8 Å². The van der Waals surface area contributed by atoms with Gasteiger partial charge in [0.25, 0.3) is 0 Å². The Labute approximate surface area is 178 Å². The van der Waals surface area contributed by atoms with E-state index in [0.29, 0.717) is 5.41 Å². The van der Waals surface area contributed by atoms with Gasteiger partial charge in [-0.2, -0.15) is 0 Å². The highest BCUT2D eigenvalue weighted by Gasteiger charge is 2.09. The molecule has 0 aliphatic carbocycles. The fraction of sp³-hybridized carbons (Fsp3) is 0.571. The highest BCUT2D eigenvalue weighted by molar-refractivity contribution is 5.24. The van der Waals surface area contributed by atoms with E-state index in [-0.39, 0.29) is 14.9 Å². The molecule has 0 aliphatic rings. The van der Waals surface area contributed by atoms with Gasteiger partial charge in [-0.15, -0.1) is 0 Å². The molecule has 0 nitrogen and oxygen atoms in total. The van der Waals surface area contributed by atoms with Crippen molar-refractivity contribution in [1.82, 2.24) is 0 Å². The summed E-state index contributed by atoms with van der Waals surface area (Å²) >= 11 is 0. The quantitative estimate of drug-likeness (QED) is 0.463. The van der Waals surface area contributed by atoms with E-state index in [1.165, 1.54) is 54.4 Å². The van der Waals surface area contributed by atoms with Crippen LogP contribution in [0.2, 0.25) is 0 Å². The maximum atomic E-state index is 2.31. The predicted molar refractivity (Wildman–Crippen MR) is 134 cm³/mol. The van der Waals surface area contributed by atoms with Crippen molar-refractivity contribution in [2.75, 3.05) is 0 Å². The van der Waals surface area contributed by atoms with Gasteiger partial charge in [-0.05, 0) is 61.1 Å². The first kappa shape index (κ1) is 31.1. The van der Waals surface area contributed by atoms with Gasteiger partial charge in [-0.1, -0.05) is 117 Å². The summed E-state index contributed by atoms with van der Waals surface area (Å²) in [5.41, 5.74) is 6.15. The third kappa shape index (κ3) is 14.5. The first-order chi connectivity index (χ1) is 12.4. The molecule has 162 valence electrons. The first-order valence-corrected chi connectivity index (χ1v) is 10.6. The average Bonchev–Trinajstić information content (AvgIpc) is 2.65. The number of aryl methyl sites for hydroxylation is 4. The molecule has 0 amide bonds. The second kappa shape index (κ2) is 17.5. The second-order valence-corrected chi connectivity index (χ2v) is 7.72. The lowest BCUT2D eigenvalue weighted by Gasteiger charge is -2.17. The molecule has 2 aromatic carbocycles. The summed E-state index contributed by atoms with van der Waals surface area (Å²) in [5.74, 6) is 0.